The van der Waals surface area contributed by atoms with Crippen molar-refractivity contribution in [3.63, 3.8) is 0 Å². The van der Waals surface area contributed by atoms with E-state index in [1.807, 2.05) is 6.07 Å². The second-order valence-electron chi connectivity index (χ2n) is 5.43. The average molecular weight is 328 g/mol. The summed E-state index contributed by atoms with van der Waals surface area (Å²) in [4.78, 5) is 23.0. The molecule has 2 rings (SSSR count). The van der Waals surface area contributed by atoms with Crippen molar-refractivity contribution in [3.05, 3.63) is 71.3 Å². The Bertz CT molecular complexity index is 716. The van der Waals surface area contributed by atoms with E-state index in [0.717, 1.165) is 0 Å². The van der Waals surface area contributed by atoms with Crippen molar-refractivity contribution in [3.8, 4) is 0 Å². The van der Waals surface area contributed by atoms with Gasteiger partial charge < -0.3 is 15.9 Å². The second kappa shape index (κ2) is 7.25. The lowest BCUT2D eigenvalue weighted by molar-refractivity contribution is -0.164. The van der Waals surface area contributed by atoms with Crippen LogP contribution in [-0.2, 0) is 4.79 Å². The van der Waals surface area contributed by atoms with Crippen LogP contribution < -0.4 is 11.1 Å². The molecule has 6 heteroatoms. The van der Waals surface area contributed by atoms with Gasteiger partial charge in [0.25, 0.3) is 0 Å². The number of primary amides is 1. The Balaban J connectivity index is 2.59. The van der Waals surface area contributed by atoms with E-state index in [2.05, 4.69) is 5.32 Å². The maximum atomic E-state index is 11.8. The minimum atomic E-state index is -2.19. The summed E-state index contributed by atoms with van der Waals surface area (Å²) < 4.78 is 0. The SMILES string of the molecule is CCNC(O)(C(=O)O)C(c1ccccc1)c1ccc(C(N)=O)cc1. The van der Waals surface area contributed by atoms with Crippen LogP contribution in [0.4, 0.5) is 0 Å². The van der Waals surface area contributed by atoms with E-state index in [0.29, 0.717) is 16.7 Å². The number of carbonyl (C=O) groups is 2. The van der Waals surface area contributed by atoms with Gasteiger partial charge in [-0.25, -0.2) is 4.79 Å². The molecule has 6 nitrogen and oxygen atoms in total. The Morgan fingerprint density at radius 3 is 2.08 bits per heavy atom. The van der Waals surface area contributed by atoms with Crippen LogP contribution in [-0.4, -0.2) is 34.4 Å². The third kappa shape index (κ3) is 3.45. The quantitative estimate of drug-likeness (QED) is 0.572. The Morgan fingerprint density at radius 2 is 1.62 bits per heavy atom. The summed E-state index contributed by atoms with van der Waals surface area (Å²) in [5.41, 5.74) is 4.55. The summed E-state index contributed by atoms with van der Waals surface area (Å²) in [6.45, 7) is 1.98. The zero-order valence-electron chi connectivity index (χ0n) is 13.3. The summed E-state index contributed by atoms with van der Waals surface area (Å²) in [6.07, 6.45) is 0. The lowest BCUT2D eigenvalue weighted by Gasteiger charge is -2.33. The Labute approximate surface area is 139 Å². The fraction of sp³-hybridized carbons (Fsp3) is 0.222. The molecule has 2 aromatic rings. The van der Waals surface area contributed by atoms with Crippen molar-refractivity contribution in [2.45, 2.75) is 18.6 Å². The number of rotatable bonds is 7. The second-order valence-corrected chi connectivity index (χ2v) is 5.43. The van der Waals surface area contributed by atoms with E-state index in [1.165, 1.54) is 12.1 Å². The van der Waals surface area contributed by atoms with Gasteiger partial charge in [0.2, 0.25) is 11.6 Å². The van der Waals surface area contributed by atoms with Crippen LogP contribution in [0.3, 0.4) is 0 Å². The van der Waals surface area contributed by atoms with E-state index in [4.69, 9.17) is 5.73 Å². The van der Waals surface area contributed by atoms with Crippen molar-refractivity contribution in [1.82, 2.24) is 5.32 Å². The van der Waals surface area contributed by atoms with Gasteiger partial charge in [-0.15, -0.1) is 0 Å². The van der Waals surface area contributed by atoms with Gasteiger partial charge in [-0.05, 0) is 29.8 Å². The van der Waals surface area contributed by atoms with Crippen molar-refractivity contribution >= 4 is 11.9 Å². The molecule has 0 spiro atoms. The van der Waals surface area contributed by atoms with E-state index in [9.17, 15) is 19.8 Å². The monoisotopic (exact) mass is 328 g/mol. The molecular formula is C18H20N2O4. The standard InChI is InChI=1S/C18H20N2O4/c1-2-20-18(24,17(22)23)15(12-6-4-3-5-7-12)13-8-10-14(11-9-13)16(19)21/h3-11,15,20,24H,2H2,1H3,(H2,19,21)(H,22,23). The Hall–Kier alpha value is -2.70. The van der Waals surface area contributed by atoms with Crippen LogP contribution >= 0.6 is 0 Å². The van der Waals surface area contributed by atoms with Gasteiger partial charge in [0.05, 0.1) is 5.92 Å². The number of benzene rings is 2. The smallest absolute Gasteiger partial charge is 0.352 e. The molecule has 2 aromatic carbocycles. The molecule has 1 amide bonds. The zero-order chi connectivity index (χ0) is 17.7. The van der Waals surface area contributed by atoms with Crippen LogP contribution in [0.2, 0.25) is 0 Å². The fourth-order valence-corrected chi connectivity index (χ4v) is 2.73. The van der Waals surface area contributed by atoms with E-state index >= 15 is 0 Å². The summed E-state index contributed by atoms with van der Waals surface area (Å²) in [7, 11) is 0. The maximum absolute atomic E-state index is 11.8. The number of hydrogen-bond donors (Lipinski definition) is 4. The summed E-state index contributed by atoms with van der Waals surface area (Å²) in [5.74, 6) is -2.81. The van der Waals surface area contributed by atoms with Gasteiger partial charge in [-0.3, -0.25) is 10.1 Å². The number of hydrogen-bond acceptors (Lipinski definition) is 4. The average Bonchev–Trinajstić information content (AvgIpc) is 2.56. The summed E-state index contributed by atoms with van der Waals surface area (Å²) in [6, 6.07) is 15.1. The van der Waals surface area contributed by atoms with Gasteiger partial charge >= 0.3 is 5.97 Å². The fourth-order valence-electron chi connectivity index (χ4n) is 2.73. The first-order valence-corrected chi connectivity index (χ1v) is 7.55. The predicted octanol–water partition coefficient (Wildman–Crippen LogP) is 1.30. The highest BCUT2D eigenvalue weighted by molar-refractivity contribution is 5.92. The topological polar surface area (TPSA) is 113 Å². The molecule has 0 aliphatic rings. The number of nitrogens with two attached hydrogens (primary N) is 1. The van der Waals surface area contributed by atoms with Crippen LogP contribution in [0.15, 0.2) is 54.6 Å². The first-order chi connectivity index (χ1) is 11.4. The molecule has 126 valence electrons. The minimum Gasteiger partial charge on any atom is -0.478 e. The van der Waals surface area contributed by atoms with Crippen molar-refractivity contribution < 1.29 is 19.8 Å². The first kappa shape index (κ1) is 17.7. The molecule has 5 N–H and O–H groups in total. The summed E-state index contributed by atoms with van der Waals surface area (Å²) in [5, 5.41) is 23.1. The molecule has 24 heavy (non-hydrogen) atoms. The van der Waals surface area contributed by atoms with Crippen LogP contribution in [0, 0.1) is 0 Å². The van der Waals surface area contributed by atoms with E-state index < -0.39 is 23.5 Å². The number of aliphatic carboxylic acids is 1. The zero-order valence-corrected chi connectivity index (χ0v) is 13.3. The third-order valence-corrected chi connectivity index (χ3v) is 3.85. The first-order valence-electron chi connectivity index (χ1n) is 7.55. The van der Waals surface area contributed by atoms with Crippen molar-refractivity contribution in [1.29, 1.82) is 0 Å². The number of nitrogens with one attached hydrogen (secondary N) is 1. The lowest BCUT2D eigenvalue weighted by atomic mass is 9.82. The number of carbonyl (C=O) groups excluding carboxylic acids is 1. The number of carboxylic acid groups (broad SMARTS) is 1. The van der Waals surface area contributed by atoms with Crippen LogP contribution in [0.5, 0.6) is 0 Å². The van der Waals surface area contributed by atoms with Gasteiger partial charge in [-0.1, -0.05) is 49.4 Å². The van der Waals surface area contributed by atoms with Crippen molar-refractivity contribution in [2.24, 2.45) is 5.73 Å². The molecular weight excluding hydrogens is 308 g/mol. The molecule has 2 unspecified atom stereocenters. The molecule has 0 aromatic heterocycles. The minimum absolute atomic E-state index is 0.269. The molecule has 0 saturated carbocycles. The van der Waals surface area contributed by atoms with Gasteiger partial charge in [-0.2, -0.15) is 0 Å². The van der Waals surface area contributed by atoms with Gasteiger partial charge in [0, 0.05) is 5.56 Å². The van der Waals surface area contributed by atoms with Crippen molar-refractivity contribution in [2.75, 3.05) is 6.54 Å². The summed E-state index contributed by atoms with van der Waals surface area (Å²) >= 11 is 0. The van der Waals surface area contributed by atoms with Gasteiger partial charge in [0.1, 0.15) is 0 Å². The Morgan fingerprint density at radius 1 is 1.08 bits per heavy atom. The maximum Gasteiger partial charge on any atom is 0.352 e. The number of likely N-dealkylation sites (N-methyl/N-ethyl adjacent to an activating group) is 1. The Kier molecular flexibility index (Phi) is 5.33. The van der Waals surface area contributed by atoms with E-state index in [-0.39, 0.29) is 6.54 Å². The molecule has 0 saturated heterocycles. The van der Waals surface area contributed by atoms with E-state index in [1.54, 1.807) is 43.3 Å². The number of aliphatic hydroxyl groups is 1. The largest absolute Gasteiger partial charge is 0.478 e. The highest BCUT2D eigenvalue weighted by Gasteiger charge is 2.45. The molecule has 0 heterocycles. The highest BCUT2D eigenvalue weighted by atomic mass is 16.4. The van der Waals surface area contributed by atoms with Gasteiger partial charge in [0.15, 0.2) is 0 Å². The third-order valence-electron chi connectivity index (χ3n) is 3.85. The molecule has 0 bridgehead atoms. The normalized spacial score (nSPS) is 14.6. The lowest BCUT2D eigenvalue weighted by Crippen LogP contribution is -2.56. The molecule has 2 atom stereocenters. The number of carboxylic acids is 1. The molecule has 0 fully saturated rings. The highest BCUT2D eigenvalue weighted by Crippen LogP contribution is 2.34. The number of amides is 1. The molecule has 0 radical (unpaired) electrons. The van der Waals surface area contributed by atoms with Crippen LogP contribution in [0.1, 0.15) is 34.3 Å². The molecule has 0 aliphatic heterocycles. The predicted molar refractivity (Wildman–Crippen MR) is 89.5 cm³/mol. The van der Waals surface area contributed by atoms with Crippen LogP contribution in [0.25, 0.3) is 0 Å². The molecule has 0 aliphatic carbocycles.